The number of hydrogen-bond acceptors (Lipinski definition) is 4. The fraction of sp³-hybridized carbons (Fsp3) is 0.292. The van der Waals surface area contributed by atoms with Crippen LogP contribution in [-0.4, -0.2) is 39.2 Å². The monoisotopic (exact) mass is 468 g/mol. The molecule has 32 heavy (non-hydrogen) atoms. The molecule has 2 atom stereocenters. The van der Waals surface area contributed by atoms with Crippen LogP contribution in [-0.2, 0) is 9.53 Å². The molecule has 1 fully saturated rings. The molecular formula is C24H25ClN4O2S. The first-order valence-corrected chi connectivity index (χ1v) is 11.2. The van der Waals surface area contributed by atoms with Crippen LogP contribution >= 0.6 is 23.8 Å². The lowest BCUT2D eigenvalue weighted by Crippen LogP contribution is -2.32. The van der Waals surface area contributed by atoms with Crippen LogP contribution in [0.3, 0.4) is 0 Å². The molecule has 2 aromatic heterocycles. The quantitative estimate of drug-likeness (QED) is 0.418. The number of nitrogens with one attached hydrogen (secondary N) is 1. The molecule has 1 aliphatic heterocycles. The summed E-state index contributed by atoms with van der Waals surface area (Å²) < 4.78 is 7.01. The van der Waals surface area contributed by atoms with E-state index in [9.17, 15) is 4.79 Å². The van der Waals surface area contributed by atoms with Gasteiger partial charge < -0.3 is 19.5 Å². The molecule has 8 heteroatoms. The van der Waals surface area contributed by atoms with E-state index in [-0.39, 0.29) is 24.5 Å². The molecule has 1 N–H and O–H groups in total. The number of pyridine rings is 1. The molecule has 1 aliphatic rings. The Morgan fingerprint density at radius 1 is 1.22 bits per heavy atom. The topological polar surface area (TPSA) is 59.4 Å². The third-order valence-electron chi connectivity index (χ3n) is 5.86. The number of hydrogen-bond donors (Lipinski definition) is 1. The molecule has 0 spiro atoms. The SMILES string of the molecule is COC(=O)CCN1C(=S)N[C@H](c2ccccn2)[C@@H]1c1cc(C)n(-c2ccccc2Cl)c1C. The van der Waals surface area contributed by atoms with Crippen molar-refractivity contribution < 1.29 is 9.53 Å². The molecule has 0 aliphatic carbocycles. The predicted octanol–water partition coefficient (Wildman–Crippen LogP) is 4.68. The van der Waals surface area contributed by atoms with Gasteiger partial charge in [-0.3, -0.25) is 9.78 Å². The number of aryl methyl sites for hydroxylation is 1. The van der Waals surface area contributed by atoms with Crippen molar-refractivity contribution in [1.82, 2.24) is 19.8 Å². The van der Waals surface area contributed by atoms with Crippen molar-refractivity contribution in [2.45, 2.75) is 32.4 Å². The maximum absolute atomic E-state index is 11.9. The number of nitrogens with zero attached hydrogens (tertiary/aromatic N) is 3. The summed E-state index contributed by atoms with van der Waals surface area (Å²) in [6.45, 7) is 4.60. The van der Waals surface area contributed by atoms with E-state index in [4.69, 9.17) is 28.6 Å². The van der Waals surface area contributed by atoms with Crippen molar-refractivity contribution >= 4 is 34.9 Å². The summed E-state index contributed by atoms with van der Waals surface area (Å²) >= 11 is 12.2. The second-order valence-electron chi connectivity index (χ2n) is 7.76. The van der Waals surface area contributed by atoms with Gasteiger partial charge in [-0.05, 0) is 62.0 Å². The van der Waals surface area contributed by atoms with Gasteiger partial charge in [0.25, 0.3) is 0 Å². The molecule has 0 unspecified atom stereocenters. The average molecular weight is 469 g/mol. The van der Waals surface area contributed by atoms with Gasteiger partial charge in [-0.2, -0.15) is 0 Å². The molecule has 0 bridgehead atoms. The minimum atomic E-state index is -0.269. The lowest BCUT2D eigenvalue weighted by Gasteiger charge is -2.28. The Morgan fingerprint density at radius 2 is 1.97 bits per heavy atom. The van der Waals surface area contributed by atoms with Crippen molar-refractivity contribution in [3.63, 3.8) is 0 Å². The summed E-state index contributed by atoms with van der Waals surface area (Å²) in [6, 6.07) is 15.5. The second-order valence-corrected chi connectivity index (χ2v) is 8.55. The lowest BCUT2D eigenvalue weighted by molar-refractivity contribution is -0.140. The Hall–Kier alpha value is -2.90. The van der Waals surface area contributed by atoms with Gasteiger partial charge >= 0.3 is 5.97 Å². The number of aromatic nitrogens is 2. The summed E-state index contributed by atoms with van der Waals surface area (Å²) in [4.78, 5) is 18.5. The van der Waals surface area contributed by atoms with Gasteiger partial charge in [-0.25, -0.2) is 0 Å². The van der Waals surface area contributed by atoms with E-state index in [1.54, 1.807) is 6.20 Å². The zero-order valence-corrected chi connectivity index (χ0v) is 19.8. The normalized spacial score (nSPS) is 18.0. The molecule has 166 valence electrons. The smallest absolute Gasteiger partial charge is 0.307 e. The Morgan fingerprint density at radius 3 is 2.66 bits per heavy atom. The number of esters is 1. The number of thiocarbonyl (C=S) groups is 1. The lowest BCUT2D eigenvalue weighted by atomic mass is 9.96. The van der Waals surface area contributed by atoms with Crippen LogP contribution in [0.1, 0.15) is 41.1 Å². The van der Waals surface area contributed by atoms with Crippen molar-refractivity contribution in [3.8, 4) is 5.69 Å². The van der Waals surface area contributed by atoms with Gasteiger partial charge in [-0.1, -0.05) is 29.8 Å². The van der Waals surface area contributed by atoms with E-state index >= 15 is 0 Å². The summed E-state index contributed by atoms with van der Waals surface area (Å²) in [6.07, 6.45) is 2.02. The van der Waals surface area contributed by atoms with Gasteiger partial charge in [0.1, 0.15) is 0 Å². The maximum Gasteiger partial charge on any atom is 0.307 e. The van der Waals surface area contributed by atoms with Crippen molar-refractivity contribution in [3.05, 3.63) is 82.4 Å². The van der Waals surface area contributed by atoms with E-state index in [1.807, 2.05) is 42.5 Å². The number of para-hydroxylation sites is 1. The number of benzene rings is 1. The Kier molecular flexibility index (Phi) is 6.48. The van der Waals surface area contributed by atoms with Crippen molar-refractivity contribution in [2.75, 3.05) is 13.7 Å². The van der Waals surface area contributed by atoms with Crippen LogP contribution in [0, 0.1) is 13.8 Å². The highest BCUT2D eigenvalue weighted by Gasteiger charge is 2.41. The Balaban J connectivity index is 1.81. The van der Waals surface area contributed by atoms with E-state index in [0.717, 1.165) is 28.3 Å². The van der Waals surface area contributed by atoms with Crippen molar-refractivity contribution in [2.24, 2.45) is 0 Å². The van der Waals surface area contributed by atoms with Crippen LogP contribution < -0.4 is 5.32 Å². The van der Waals surface area contributed by atoms with Crippen LogP contribution in [0.15, 0.2) is 54.7 Å². The molecule has 3 heterocycles. The zero-order valence-electron chi connectivity index (χ0n) is 18.2. The summed E-state index contributed by atoms with van der Waals surface area (Å²) in [5, 5.41) is 4.70. The van der Waals surface area contributed by atoms with E-state index < -0.39 is 0 Å². The number of halogens is 1. The van der Waals surface area contributed by atoms with E-state index in [1.165, 1.54) is 7.11 Å². The zero-order chi connectivity index (χ0) is 22.8. The van der Waals surface area contributed by atoms with Crippen molar-refractivity contribution in [1.29, 1.82) is 0 Å². The third-order valence-corrected chi connectivity index (χ3v) is 6.54. The van der Waals surface area contributed by atoms with Gasteiger partial charge in [-0.15, -0.1) is 0 Å². The first-order chi connectivity index (χ1) is 15.4. The molecule has 6 nitrogen and oxygen atoms in total. The number of carbonyl (C=O) groups excluding carboxylic acids is 1. The highest BCUT2D eigenvalue weighted by atomic mass is 35.5. The molecule has 0 amide bonds. The van der Waals surface area contributed by atoms with E-state index in [2.05, 4.69) is 39.7 Å². The standard InChI is InChI=1S/C24H25ClN4O2S/c1-15-14-17(16(2)29(15)20-10-5-4-8-18(20)25)23-22(19-9-6-7-12-26-19)27-24(32)28(23)13-11-21(30)31-3/h4-10,12,14,22-23H,11,13H2,1-3H3,(H,27,32)/t22-,23+/m1/s1. The average Bonchev–Trinajstić information content (AvgIpc) is 3.28. The summed E-state index contributed by atoms with van der Waals surface area (Å²) in [5.74, 6) is -0.269. The van der Waals surface area contributed by atoms with Crippen LogP contribution in [0.25, 0.3) is 5.69 Å². The van der Waals surface area contributed by atoms with Gasteiger partial charge in [0, 0.05) is 24.1 Å². The number of rotatable bonds is 6. The van der Waals surface area contributed by atoms with Gasteiger partial charge in [0.2, 0.25) is 0 Å². The molecule has 0 saturated carbocycles. The first-order valence-electron chi connectivity index (χ1n) is 10.4. The molecular weight excluding hydrogens is 444 g/mol. The minimum Gasteiger partial charge on any atom is -0.469 e. The summed E-state index contributed by atoms with van der Waals surface area (Å²) in [7, 11) is 1.40. The molecule has 4 rings (SSSR count). The molecule has 0 radical (unpaired) electrons. The summed E-state index contributed by atoms with van der Waals surface area (Å²) in [5.41, 5.74) is 5.06. The number of carbonyl (C=O) groups is 1. The second kappa shape index (κ2) is 9.30. The first kappa shape index (κ1) is 22.3. The maximum atomic E-state index is 11.9. The fourth-order valence-electron chi connectivity index (χ4n) is 4.39. The minimum absolute atomic E-state index is 0.135. The van der Waals surface area contributed by atoms with Crippen LogP contribution in [0.2, 0.25) is 5.02 Å². The molecule has 3 aromatic rings. The Labute approximate surface area is 198 Å². The predicted molar refractivity (Wildman–Crippen MR) is 129 cm³/mol. The molecule has 1 saturated heterocycles. The number of ether oxygens (including phenoxy) is 1. The highest BCUT2D eigenvalue weighted by Crippen LogP contribution is 2.41. The van der Waals surface area contributed by atoms with Crippen LogP contribution in [0.5, 0.6) is 0 Å². The third kappa shape index (κ3) is 4.10. The van der Waals surface area contributed by atoms with E-state index in [0.29, 0.717) is 16.7 Å². The van der Waals surface area contributed by atoms with Gasteiger partial charge in [0.15, 0.2) is 5.11 Å². The number of methoxy groups -OCH3 is 1. The van der Waals surface area contributed by atoms with Gasteiger partial charge in [0.05, 0.1) is 42.0 Å². The fourth-order valence-corrected chi connectivity index (χ4v) is 4.94. The molecule has 1 aromatic carbocycles. The largest absolute Gasteiger partial charge is 0.469 e. The Bertz CT molecular complexity index is 1150. The van der Waals surface area contributed by atoms with Crippen LogP contribution in [0.4, 0.5) is 0 Å². The highest BCUT2D eigenvalue weighted by molar-refractivity contribution is 7.80.